The topological polar surface area (TPSA) is 84.2 Å². The van der Waals surface area contributed by atoms with Gasteiger partial charge in [-0.1, -0.05) is 93.6 Å². The van der Waals surface area contributed by atoms with E-state index in [1.807, 2.05) is 24.3 Å². The summed E-state index contributed by atoms with van der Waals surface area (Å²) in [4.78, 5) is 28.2. The summed E-state index contributed by atoms with van der Waals surface area (Å²) in [5.41, 5.74) is -0.613. The monoisotopic (exact) mass is 448 g/mol. The van der Waals surface area contributed by atoms with Gasteiger partial charge in [0.15, 0.2) is 0 Å². The molecule has 1 aliphatic rings. The smallest absolute Gasteiger partial charge is 0.325 e. The molecule has 2 atom stereocenters. The molecule has 0 amide bonds. The van der Waals surface area contributed by atoms with Crippen LogP contribution in [0.5, 0.6) is 0 Å². The maximum atomic E-state index is 12.1. The van der Waals surface area contributed by atoms with Gasteiger partial charge in [-0.2, -0.15) is 0 Å². The number of hydrogen-bond acceptors (Lipinski definition) is 4. The molecule has 3 aromatic rings. The minimum absolute atomic E-state index is 0.131. The summed E-state index contributed by atoms with van der Waals surface area (Å²) in [6.07, 6.45) is 4.34. The molecule has 4 rings (SSSR count). The first kappa shape index (κ1) is 22.2. The minimum Gasteiger partial charge on any atom is -0.404 e. The number of rotatable bonds is 6. The molecule has 32 heavy (non-hydrogen) atoms. The predicted octanol–water partition coefficient (Wildman–Crippen LogP) is 2.64. The molecule has 2 aromatic carbocycles. The average molecular weight is 449 g/mol. The van der Waals surface area contributed by atoms with Crippen LogP contribution in [0.4, 0.5) is 0 Å². The quantitative estimate of drug-likeness (QED) is 0.449. The third kappa shape index (κ3) is 4.19. The zero-order chi connectivity index (χ0) is 22.8. The summed E-state index contributed by atoms with van der Waals surface area (Å²) in [5, 5.41) is 2.27. The van der Waals surface area contributed by atoms with Crippen LogP contribution in [0, 0.1) is 0 Å². The van der Waals surface area contributed by atoms with E-state index in [-0.39, 0.29) is 11.1 Å². The molecule has 2 heterocycles. The second-order valence-corrected chi connectivity index (χ2v) is 13.3. The van der Waals surface area contributed by atoms with Crippen molar-refractivity contribution in [3.63, 3.8) is 0 Å². The van der Waals surface area contributed by atoms with Crippen LogP contribution < -0.4 is 21.6 Å². The molecule has 1 aliphatic heterocycles. The van der Waals surface area contributed by atoms with Gasteiger partial charge in [0.05, 0.1) is 18.3 Å². The Hall–Kier alpha value is -3.00. The normalized spacial score (nSPS) is 18.7. The van der Waals surface area contributed by atoms with E-state index in [2.05, 4.69) is 79.3 Å². The first-order chi connectivity index (χ1) is 15.3. The van der Waals surface area contributed by atoms with Crippen molar-refractivity contribution < 1.29 is 9.16 Å². The van der Waals surface area contributed by atoms with Crippen LogP contribution in [0.25, 0.3) is 0 Å². The summed E-state index contributed by atoms with van der Waals surface area (Å²) >= 11 is 0. The third-order valence-electron chi connectivity index (χ3n) is 5.86. The third-order valence-corrected chi connectivity index (χ3v) is 10.9. The number of benzene rings is 2. The van der Waals surface area contributed by atoms with Crippen molar-refractivity contribution in [2.45, 2.75) is 38.0 Å². The number of nitrogens with one attached hydrogen (secondary N) is 2. The molecule has 0 bridgehead atoms. The highest BCUT2D eigenvalue weighted by molar-refractivity contribution is 6.99. The van der Waals surface area contributed by atoms with Gasteiger partial charge in [0.2, 0.25) is 0 Å². The molecule has 2 N–H and O–H groups in total. The van der Waals surface area contributed by atoms with Crippen LogP contribution in [0.1, 0.15) is 32.4 Å². The van der Waals surface area contributed by atoms with E-state index in [0.29, 0.717) is 12.2 Å². The van der Waals surface area contributed by atoms with E-state index >= 15 is 0 Å². The molecule has 0 aliphatic carbocycles. The first-order valence-electron chi connectivity index (χ1n) is 10.7. The van der Waals surface area contributed by atoms with Crippen molar-refractivity contribution >= 4 is 18.7 Å². The number of aromatic nitrogens is 2. The van der Waals surface area contributed by atoms with Gasteiger partial charge in [0.25, 0.3) is 13.9 Å². The van der Waals surface area contributed by atoms with Gasteiger partial charge < -0.3 is 14.1 Å². The van der Waals surface area contributed by atoms with E-state index in [9.17, 15) is 9.59 Å². The van der Waals surface area contributed by atoms with Crippen molar-refractivity contribution in [2.24, 2.45) is 0 Å². The van der Waals surface area contributed by atoms with Gasteiger partial charge in [0, 0.05) is 6.20 Å². The molecule has 0 spiro atoms. The van der Waals surface area contributed by atoms with Gasteiger partial charge in [-0.3, -0.25) is 9.78 Å². The molecular formula is C25H28N2O4Si. The van der Waals surface area contributed by atoms with E-state index < -0.39 is 25.7 Å². The molecule has 0 fully saturated rings. The molecule has 166 valence electrons. The van der Waals surface area contributed by atoms with Crippen molar-refractivity contribution in [1.82, 2.24) is 9.97 Å². The lowest BCUT2D eigenvalue weighted by atomic mass is 10.2. The Morgan fingerprint density at radius 3 is 2.06 bits per heavy atom. The largest absolute Gasteiger partial charge is 0.404 e. The summed E-state index contributed by atoms with van der Waals surface area (Å²) in [7, 11) is -2.67. The fraction of sp³-hybridized carbons (Fsp3) is 0.280. The Labute approximate surface area is 188 Å². The Bertz CT molecular complexity index is 1160. The van der Waals surface area contributed by atoms with Gasteiger partial charge in [-0.25, -0.2) is 4.79 Å². The van der Waals surface area contributed by atoms with Crippen LogP contribution in [0.3, 0.4) is 0 Å². The lowest BCUT2D eigenvalue weighted by Gasteiger charge is -2.43. The van der Waals surface area contributed by atoms with Gasteiger partial charge in [-0.15, -0.1) is 0 Å². The summed E-state index contributed by atoms with van der Waals surface area (Å²) in [5.74, 6) is 0. The standard InChI is InChI=1S/C25H28N2O4Si/c1-25(2,3)32(19-10-6-4-7-11-19,20-12-8-5-9-13-20)30-17-18-14-15-22(31-18)21-16-26-24(29)27-23(21)28/h4-16,18,22H,17H2,1-3H3,(H2,26,27,28,29)/t18-,22+/m0/s1. The minimum atomic E-state index is -2.67. The summed E-state index contributed by atoms with van der Waals surface area (Å²) in [6, 6.07) is 20.9. The van der Waals surface area contributed by atoms with Crippen molar-refractivity contribution in [2.75, 3.05) is 6.61 Å². The maximum Gasteiger partial charge on any atom is 0.325 e. The number of aromatic amines is 2. The molecule has 0 saturated heterocycles. The van der Waals surface area contributed by atoms with Crippen molar-refractivity contribution in [3.8, 4) is 0 Å². The number of hydrogen-bond donors (Lipinski definition) is 2. The Morgan fingerprint density at radius 1 is 0.938 bits per heavy atom. The Morgan fingerprint density at radius 2 is 1.53 bits per heavy atom. The molecule has 0 unspecified atom stereocenters. The van der Waals surface area contributed by atoms with Crippen LogP contribution in [0.15, 0.2) is 88.6 Å². The maximum absolute atomic E-state index is 12.1. The van der Waals surface area contributed by atoms with Crippen molar-refractivity contribution in [3.05, 3.63) is 105 Å². The second-order valence-electron chi connectivity index (χ2n) is 8.98. The lowest BCUT2D eigenvalue weighted by Crippen LogP contribution is -2.67. The molecule has 7 heteroatoms. The van der Waals surface area contributed by atoms with E-state index in [0.717, 1.165) is 0 Å². The molecule has 0 saturated carbocycles. The van der Waals surface area contributed by atoms with Gasteiger partial charge in [0.1, 0.15) is 6.10 Å². The SMILES string of the molecule is CC(C)(C)[Si](OC[C@@H]1C=C[C@H](c2c[nH]c(=O)[nH]c2=O)O1)(c1ccccc1)c1ccccc1. The van der Waals surface area contributed by atoms with Crippen molar-refractivity contribution in [1.29, 1.82) is 0 Å². The highest BCUT2D eigenvalue weighted by atomic mass is 28.4. The number of ether oxygens (including phenoxy) is 1. The van der Waals surface area contributed by atoms with E-state index in [1.54, 1.807) is 0 Å². The Kier molecular flexibility index (Phi) is 6.14. The average Bonchev–Trinajstić information content (AvgIpc) is 3.23. The van der Waals surface area contributed by atoms with Crippen LogP contribution >= 0.6 is 0 Å². The van der Waals surface area contributed by atoms with Gasteiger partial charge >= 0.3 is 5.69 Å². The van der Waals surface area contributed by atoms with Crippen LogP contribution in [-0.2, 0) is 9.16 Å². The zero-order valence-electron chi connectivity index (χ0n) is 18.5. The molecule has 6 nitrogen and oxygen atoms in total. The Balaban J connectivity index is 1.63. The van der Waals surface area contributed by atoms with E-state index in [1.165, 1.54) is 16.6 Å². The lowest BCUT2D eigenvalue weighted by molar-refractivity contribution is 0.0285. The fourth-order valence-electron chi connectivity index (χ4n) is 4.38. The highest BCUT2D eigenvalue weighted by Crippen LogP contribution is 2.37. The van der Waals surface area contributed by atoms with Gasteiger partial charge in [-0.05, 0) is 15.4 Å². The zero-order valence-corrected chi connectivity index (χ0v) is 19.5. The second kappa shape index (κ2) is 8.86. The number of H-pyrrole nitrogens is 2. The molecule has 0 radical (unpaired) electrons. The van der Waals surface area contributed by atoms with Crippen LogP contribution in [0.2, 0.25) is 5.04 Å². The molecule has 1 aromatic heterocycles. The molecular weight excluding hydrogens is 420 g/mol. The highest BCUT2D eigenvalue weighted by Gasteiger charge is 2.50. The van der Waals surface area contributed by atoms with Crippen LogP contribution in [-0.4, -0.2) is 31.0 Å². The first-order valence-corrected chi connectivity index (χ1v) is 12.6. The summed E-state index contributed by atoms with van der Waals surface area (Å²) in [6.45, 7) is 7.05. The summed E-state index contributed by atoms with van der Waals surface area (Å²) < 4.78 is 13.0. The van der Waals surface area contributed by atoms with E-state index in [4.69, 9.17) is 9.16 Å². The predicted molar refractivity (Wildman–Crippen MR) is 128 cm³/mol. The fourth-order valence-corrected chi connectivity index (χ4v) is 8.95.